The fourth-order valence-electron chi connectivity index (χ4n) is 0.213. The predicted octanol–water partition coefficient (Wildman–Crippen LogP) is 3.57. The van der Waals surface area contributed by atoms with E-state index in [1.807, 2.05) is 0 Å². The second-order valence-electron chi connectivity index (χ2n) is 1.24. The largest absolute Gasteiger partial charge is 0.228 e. The van der Waals surface area contributed by atoms with Crippen LogP contribution in [0.4, 0.5) is 0 Å². The molecule has 10 heavy (non-hydrogen) atoms. The van der Waals surface area contributed by atoms with E-state index in [1.54, 1.807) is 6.07 Å². The third-order valence-electron chi connectivity index (χ3n) is 0.584. The van der Waals surface area contributed by atoms with Crippen LogP contribution in [0.5, 0.6) is 0 Å². The van der Waals surface area contributed by atoms with Gasteiger partial charge in [-0.15, -0.1) is 0 Å². The zero-order valence-corrected chi connectivity index (χ0v) is 8.12. The molecule has 6 heteroatoms. The van der Waals surface area contributed by atoms with Gasteiger partial charge >= 0.3 is 0 Å². The number of rotatable bonds is 0. The van der Waals surface area contributed by atoms with E-state index in [2.05, 4.69) is 0 Å². The first-order chi connectivity index (χ1) is 4.39. The lowest BCUT2D eigenvalue weighted by molar-refractivity contribution is 1.32. The number of nitrogens with zero attached hydrogens (tertiary/aromatic N) is 1. The molecule has 0 fully saturated rings. The normalized spacial score (nSPS) is 10.4. The van der Waals surface area contributed by atoms with Crippen molar-refractivity contribution in [1.29, 1.82) is 5.26 Å². The van der Waals surface area contributed by atoms with Gasteiger partial charge in [-0.2, -0.15) is 5.26 Å². The number of nitriles is 1. The summed E-state index contributed by atoms with van der Waals surface area (Å²) in [7, 11) is 0. The van der Waals surface area contributed by atoms with E-state index in [9.17, 15) is 0 Å². The molecule has 0 unspecified atom stereocenters. The van der Waals surface area contributed by atoms with Crippen LogP contribution in [-0.2, 0) is 0 Å². The number of hydrogen-bond acceptors (Lipinski definition) is 1. The molecular formula is C4Cl5N. The van der Waals surface area contributed by atoms with E-state index in [1.165, 1.54) is 0 Å². The summed E-state index contributed by atoms with van der Waals surface area (Å²) in [5.74, 6) is 0. The highest BCUT2D eigenvalue weighted by molar-refractivity contribution is 6.71. The summed E-state index contributed by atoms with van der Waals surface area (Å²) in [6, 6.07) is 1.56. The molecule has 0 rings (SSSR count). The number of alkyl halides is 3. The lowest BCUT2D eigenvalue weighted by atomic mass is 10.4. The Bertz CT molecular complexity index is 191. The van der Waals surface area contributed by atoms with Gasteiger partial charge in [-0.25, -0.2) is 0 Å². The van der Waals surface area contributed by atoms with Crippen molar-refractivity contribution in [3.63, 3.8) is 0 Å². The number of hydrogen-bond donors (Lipinski definition) is 0. The summed E-state index contributed by atoms with van der Waals surface area (Å²) in [5, 5.41) is 8.30. The van der Waals surface area contributed by atoms with Crippen molar-refractivity contribution in [1.82, 2.24) is 0 Å². The quantitative estimate of drug-likeness (QED) is 0.468. The van der Waals surface area contributed by atoms with Crippen LogP contribution in [-0.4, -0.2) is 3.79 Å². The molecule has 0 heterocycles. The van der Waals surface area contributed by atoms with Crippen LogP contribution in [0.25, 0.3) is 0 Å². The Morgan fingerprint density at radius 2 is 1.60 bits per heavy atom. The highest BCUT2D eigenvalue weighted by Gasteiger charge is 2.28. The molecular weight excluding hydrogens is 239 g/mol. The Labute approximate surface area is 83.1 Å². The Balaban J connectivity index is 4.78. The van der Waals surface area contributed by atoms with E-state index < -0.39 is 3.79 Å². The molecule has 56 valence electrons. The van der Waals surface area contributed by atoms with Crippen molar-refractivity contribution in [3.05, 3.63) is 10.1 Å². The molecule has 0 amide bonds. The van der Waals surface area contributed by atoms with E-state index >= 15 is 0 Å². The maximum Gasteiger partial charge on any atom is 0.228 e. The van der Waals surface area contributed by atoms with E-state index in [-0.39, 0.29) is 10.1 Å². The summed E-state index contributed by atoms with van der Waals surface area (Å²) >= 11 is 26.2. The third kappa shape index (κ3) is 3.18. The lowest BCUT2D eigenvalue weighted by Crippen LogP contribution is -2.05. The first-order valence-electron chi connectivity index (χ1n) is 1.92. The smallest absolute Gasteiger partial charge is 0.193 e. The van der Waals surface area contributed by atoms with Gasteiger partial charge in [0, 0.05) is 0 Å². The van der Waals surface area contributed by atoms with E-state index in [0.717, 1.165) is 0 Å². The zero-order chi connectivity index (χ0) is 8.36. The summed E-state index contributed by atoms with van der Waals surface area (Å²) in [6.07, 6.45) is 0. The SMILES string of the molecule is N#CC(=C(Cl)Cl)C(Cl)(Cl)Cl. The number of halogens is 5. The summed E-state index contributed by atoms with van der Waals surface area (Å²) in [6.45, 7) is 0. The average molecular weight is 239 g/mol. The second-order valence-corrected chi connectivity index (χ2v) is 4.48. The van der Waals surface area contributed by atoms with Crippen LogP contribution in [0.1, 0.15) is 0 Å². The average Bonchev–Trinajstić information content (AvgIpc) is 1.60. The zero-order valence-electron chi connectivity index (χ0n) is 4.34. The van der Waals surface area contributed by atoms with Gasteiger partial charge in [0.15, 0.2) is 0 Å². The fourth-order valence-corrected chi connectivity index (χ4v) is 1.28. The molecule has 0 spiro atoms. The number of allylic oxidation sites excluding steroid dienone is 1. The van der Waals surface area contributed by atoms with Crippen molar-refractivity contribution in [3.8, 4) is 6.07 Å². The van der Waals surface area contributed by atoms with Gasteiger partial charge in [-0.3, -0.25) is 0 Å². The molecule has 0 aliphatic rings. The van der Waals surface area contributed by atoms with E-state index in [4.69, 9.17) is 63.3 Å². The van der Waals surface area contributed by atoms with Crippen LogP contribution in [0.3, 0.4) is 0 Å². The van der Waals surface area contributed by atoms with Crippen molar-refractivity contribution in [2.75, 3.05) is 0 Å². The molecule has 0 saturated heterocycles. The monoisotopic (exact) mass is 237 g/mol. The first-order valence-corrected chi connectivity index (χ1v) is 3.81. The molecule has 0 N–H and O–H groups in total. The molecule has 0 atom stereocenters. The van der Waals surface area contributed by atoms with Crippen LogP contribution >= 0.6 is 58.0 Å². The molecule has 0 aliphatic carbocycles. The van der Waals surface area contributed by atoms with Gasteiger partial charge in [-0.05, 0) is 0 Å². The summed E-state index contributed by atoms with van der Waals surface area (Å²) in [4.78, 5) is 0. The van der Waals surface area contributed by atoms with Gasteiger partial charge in [0.2, 0.25) is 3.79 Å². The van der Waals surface area contributed by atoms with Gasteiger partial charge in [0.1, 0.15) is 16.1 Å². The molecule has 1 nitrogen and oxygen atoms in total. The molecule has 0 radical (unpaired) electrons. The minimum Gasteiger partial charge on any atom is -0.193 e. The van der Waals surface area contributed by atoms with Crippen molar-refractivity contribution < 1.29 is 0 Å². The third-order valence-corrected chi connectivity index (χ3v) is 1.53. The van der Waals surface area contributed by atoms with Crippen LogP contribution in [0, 0.1) is 11.3 Å². The minimum absolute atomic E-state index is 0.277. The summed E-state index contributed by atoms with van der Waals surface area (Å²) in [5.41, 5.74) is -0.277. The Hall–Kier alpha value is 0.680. The Morgan fingerprint density at radius 1 is 1.20 bits per heavy atom. The van der Waals surface area contributed by atoms with Crippen LogP contribution in [0.15, 0.2) is 10.1 Å². The summed E-state index contributed by atoms with van der Waals surface area (Å²) < 4.78 is -2.17. The van der Waals surface area contributed by atoms with Crippen molar-refractivity contribution in [2.24, 2.45) is 0 Å². The maximum atomic E-state index is 8.30. The molecule has 0 aliphatic heterocycles. The predicted molar refractivity (Wildman–Crippen MR) is 44.6 cm³/mol. The topological polar surface area (TPSA) is 23.8 Å². The van der Waals surface area contributed by atoms with Crippen LogP contribution < -0.4 is 0 Å². The Morgan fingerprint density at radius 3 is 1.60 bits per heavy atom. The highest BCUT2D eigenvalue weighted by Crippen LogP contribution is 2.37. The maximum absolute atomic E-state index is 8.30. The minimum atomic E-state index is -1.84. The lowest BCUT2D eigenvalue weighted by Gasteiger charge is -2.07. The Kier molecular flexibility index (Phi) is 4.16. The molecule has 0 aromatic carbocycles. The standard InChI is InChI=1S/C4Cl5N/c5-3(6)2(1-10)4(7,8)9. The van der Waals surface area contributed by atoms with Gasteiger partial charge in [0.05, 0.1) is 0 Å². The van der Waals surface area contributed by atoms with Gasteiger partial charge < -0.3 is 0 Å². The molecule has 0 saturated carbocycles. The second kappa shape index (κ2) is 3.90. The van der Waals surface area contributed by atoms with Crippen molar-refractivity contribution in [2.45, 2.75) is 3.79 Å². The van der Waals surface area contributed by atoms with Gasteiger partial charge in [-0.1, -0.05) is 58.0 Å². The van der Waals surface area contributed by atoms with Crippen LogP contribution in [0.2, 0.25) is 0 Å². The molecule has 0 bridgehead atoms. The van der Waals surface area contributed by atoms with Gasteiger partial charge in [0.25, 0.3) is 0 Å². The molecule has 0 aromatic rings. The van der Waals surface area contributed by atoms with Crippen molar-refractivity contribution >= 4 is 58.0 Å². The fraction of sp³-hybridized carbons (Fsp3) is 0.250. The first kappa shape index (κ1) is 10.7. The molecule has 0 aromatic heterocycles. The van der Waals surface area contributed by atoms with E-state index in [0.29, 0.717) is 0 Å². The highest BCUT2D eigenvalue weighted by atomic mass is 35.6.